The highest BCUT2D eigenvalue weighted by atomic mass is 16.5. The van der Waals surface area contributed by atoms with Gasteiger partial charge in [0.25, 0.3) is 11.5 Å². The Morgan fingerprint density at radius 2 is 2.09 bits per heavy atom. The van der Waals surface area contributed by atoms with Crippen LogP contribution in [0.4, 0.5) is 0 Å². The van der Waals surface area contributed by atoms with Gasteiger partial charge in [0.1, 0.15) is 23.9 Å². The number of hydrogen-bond donors (Lipinski definition) is 2. The van der Waals surface area contributed by atoms with Crippen LogP contribution in [-0.2, 0) is 11.3 Å². The first-order valence-electron chi connectivity index (χ1n) is 6.39. The summed E-state index contributed by atoms with van der Waals surface area (Å²) in [7, 11) is 1.51. The zero-order chi connectivity index (χ0) is 16.1. The summed E-state index contributed by atoms with van der Waals surface area (Å²) in [6.45, 7) is -0.293. The second-order valence-electron chi connectivity index (χ2n) is 4.40. The van der Waals surface area contributed by atoms with Crippen LogP contribution < -0.4 is 21.6 Å². The molecule has 0 aliphatic heterocycles. The Hall–Kier alpha value is -3.11. The second kappa shape index (κ2) is 6.56. The SMILES string of the molecule is COc1ccccc1-c1ccc(C#N)c(=O)n1CC(=O)NN. The van der Waals surface area contributed by atoms with Crippen molar-refractivity contribution in [3.8, 4) is 23.1 Å². The molecule has 0 saturated heterocycles. The number of methoxy groups -OCH3 is 1. The average molecular weight is 298 g/mol. The van der Waals surface area contributed by atoms with E-state index in [1.165, 1.54) is 17.7 Å². The average Bonchev–Trinajstić information content (AvgIpc) is 2.56. The van der Waals surface area contributed by atoms with Gasteiger partial charge in [-0.15, -0.1) is 0 Å². The van der Waals surface area contributed by atoms with E-state index in [9.17, 15) is 9.59 Å². The molecule has 1 heterocycles. The summed E-state index contributed by atoms with van der Waals surface area (Å²) in [5.74, 6) is 5.08. The maximum absolute atomic E-state index is 12.3. The van der Waals surface area contributed by atoms with Crippen molar-refractivity contribution >= 4 is 5.91 Å². The molecular formula is C15H14N4O3. The van der Waals surface area contributed by atoms with Gasteiger partial charge < -0.3 is 4.74 Å². The number of rotatable bonds is 4. The molecule has 0 aliphatic rings. The number of nitriles is 1. The van der Waals surface area contributed by atoms with Crippen LogP contribution in [0, 0.1) is 11.3 Å². The van der Waals surface area contributed by atoms with Crippen molar-refractivity contribution in [1.29, 1.82) is 5.26 Å². The monoisotopic (exact) mass is 298 g/mol. The number of ether oxygens (including phenoxy) is 1. The van der Waals surface area contributed by atoms with E-state index in [-0.39, 0.29) is 12.1 Å². The van der Waals surface area contributed by atoms with Crippen LogP contribution in [0.1, 0.15) is 5.56 Å². The summed E-state index contributed by atoms with van der Waals surface area (Å²) in [4.78, 5) is 23.9. The van der Waals surface area contributed by atoms with E-state index >= 15 is 0 Å². The van der Waals surface area contributed by atoms with Crippen molar-refractivity contribution in [2.24, 2.45) is 5.84 Å². The minimum absolute atomic E-state index is 0.0523. The maximum atomic E-state index is 12.3. The number of benzene rings is 1. The number of nitrogens with one attached hydrogen (secondary N) is 1. The predicted octanol–water partition coefficient (Wildman–Crippen LogP) is 0.385. The first-order chi connectivity index (χ1) is 10.6. The van der Waals surface area contributed by atoms with E-state index in [2.05, 4.69) is 0 Å². The lowest BCUT2D eigenvalue weighted by molar-refractivity contribution is -0.121. The molecule has 7 heteroatoms. The summed E-state index contributed by atoms with van der Waals surface area (Å²) < 4.78 is 6.47. The van der Waals surface area contributed by atoms with Crippen LogP contribution in [0.15, 0.2) is 41.2 Å². The van der Waals surface area contributed by atoms with Crippen molar-refractivity contribution in [3.63, 3.8) is 0 Å². The Balaban J connectivity index is 2.70. The summed E-state index contributed by atoms with van der Waals surface area (Å²) in [6, 6.07) is 11.9. The molecule has 0 radical (unpaired) electrons. The van der Waals surface area contributed by atoms with Crippen LogP contribution in [0.3, 0.4) is 0 Å². The van der Waals surface area contributed by atoms with Gasteiger partial charge in [0.2, 0.25) is 0 Å². The zero-order valence-corrected chi connectivity index (χ0v) is 11.9. The third-order valence-electron chi connectivity index (χ3n) is 3.14. The number of nitrogens with zero attached hydrogens (tertiary/aromatic N) is 2. The molecule has 0 atom stereocenters. The molecule has 1 aromatic carbocycles. The van der Waals surface area contributed by atoms with Crippen molar-refractivity contribution in [2.75, 3.05) is 7.11 Å². The number of amides is 1. The molecule has 2 aromatic rings. The van der Waals surface area contributed by atoms with Gasteiger partial charge in [0.15, 0.2) is 0 Å². The lowest BCUT2D eigenvalue weighted by atomic mass is 10.1. The zero-order valence-electron chi connectivity index (χ0n) is 11.9. The van der Waals surface area contributed by atoms with Crippen molar-refractivity contribution < 1.29 is 9.53 Å². The molecule has 3 N–H and O–H groups in total. The number of carbonyl (C=O) groups excluding carboxylic acids is 1. The van der Waals surface area contributed by atoms with Crippen LogP contribution in [0.25, 0.3) is 11.3 Å². The lowest BCUT2D eigenvalue weighted by Gasteiger charge is -2.15. The molecule has 1 aromatic heterocycles. The number of aromatic nitrogens is 1. The number of carbonyl (C=O) groups is 1. The lowest BCUT2D eigenvalue weighted by Crippen LogP contribution is -2.37. The van der Waals surface area contributed by atoms with Gasteiger partial charge in [-0.3, -0.25) is 19.6 Å². The van der Waals surface area contributed by atoms with Crippen molar-refractivity contribution in [2.45, 2.75) is 6.54 Å². The standard InChI is InChI=1S/C15H14N4O3/c1-22-13-5-3-2-4-11(13)12-7-6-10(8-16)15(21)19(12)9-14(20)18-17/h2-7H,9,17H2,1H3,(H,18,20). The number of hydrazine groups is 1. The third-order valence-corrected chi connectivity index (χ3v) is 3.14. The van der Waals surface area contributed by atoms with E-state index in [0.717, 1.165) is 0 Å². The first kappa shape index (κ1) is 15.3. The quantitative estimate of drug-likeness (QED) is 0.482. The third kappa shape index (κ3) is 2.82. The first-order valence-corrected chi connectivity index (χ1v) is 6.39. The Morgan fingerprint density at radius 1 is 1.36 bits per heavy atom. The fourth-order valence-electron chi connectivity index (χ4n) is 2.10. The molecule has 0 bridgehead atoms. The molecule has 0 aliphatic carbocycles. The predicted molar refractivity (Wildman–Crippen MR) is 79.7 cm³/mol. The van der Waals surface area contributed by atoms with Crippen molar-refractivity contribution in [1.82, 2.24) is 9.99 Å². The number of hydrogen-bond acceptors (Lipinski definition) is 5. The van der Waals surface area contributed by atoms with Gasteiger partial charge in [0.05, 0.1) is 12.8 Å². The molecular weight excluding hydrogens is 284 g/mol. The smallest absolute Gasteiger partial charge is 0.269 e. The Labute approximate surface area is 126 Å². The Kier molecular flexibility index (Phi) is 4.56. The highest BCUT2D eigenvalue weighted by molar-refractivity contribution is 5.77. The molecule has 0 saturated carbocycles. The molecule has 112 valence electrons. The summed E-state index contributed by atoms with van der Waals surface area (Å²) in [5.41, 5.74) is 2.46. The molecule has 2 rings (SSSR count). The van der Waals surface area contributed by atoms with Gasteiger partial charge in [-0.25, -0.2) is 5.84 Å². The minimum Gasteiger partial charge on any atom is -0.496 e. The Bertz CT molecular complexity index is 805. The maximum Gasteiger partial charge on any atom is 0.269 e. The number of pyridine rings is 1. The molecule has 7 nitrogen and oxygen atoms in total. The summed E-state index contributed by atoms with van der Waals surface area (Å²) in [6.07, 6.45) is 0. The van der Waals surface area contributed by atoms with Crippen LogP contribution in [-0.4, -0.2) is 17.6 Å². The van der Waals surface area contributed by atoms with Gasteiger partial charge in [0, 0.05) is 5.56 Å². The van der Waals surface area contributed by atoms with Gasteiger partial charge in [-0.1, -0.05) is 12.1 Å². The summed E-state index contributed by atoms with van der Waals surface area (Å²) >= 11 is 0. The van der Waals surface area contributed by atoms with E-state index in [4.69, 9.17) is 15.8 Å². The van der Waals surface area contributed by atoms with Crippen molar-refractivity contribution in [3.05, 3.63) is 52.3 Å². The van der Waals surface area contributed by atoms with E-state index in [0.29, 0.717) is 17.0 Å². The fraction of sp³-hybridized carbons (Fsp3) is 0.133. The highest BCUT2D eigenvalue weighted by Gasteiger charge is 2.15. The normalized spacial score (nSPS) is 9.86. The molecule has 0 fully saturated rings. The number of nitrogens with two attached hydrogens (primary N) is 1. The molecule has 0 unspecified atom stereocenters. The largest absolute Gasteiger partial charge is 0.496 e. The van der Waals surface area contributed by atoms with Gasteiger partial charge in [-0.05, 0) is 24.3 Å². The molecule has 22 heavy (non-hydrogen) atoms. The highest BCUT2D eigenvalue weighted by Crippen LogP contribution is 2.28. The van der Waals surface area contributed by atoms with E-state index in [1.54, 1.807) is 36.4 Å². The molecule has 1 amide bonds. The van der Waals surface area contributed by atoms with E-state index < -0.39 is 11.5 Å². The number of para-hydroxylation sites is 1. The van der Waals surface area contributed by atoms with E-state index in [1.807, 2.05) is 5.43 Å². The molecule has 0 spiro atoms. The summed E-state index contributed by atoms with van der Waals surface area (Å²) in [5, 5.41) is 8.98. The second-order valence-corrected chi connectivity index (χ2v) is 4.40. The van der Waals surface area contributed by atoms with Crippen LogP contribution in [0.2, 0.25) is 0 Å². The van der Waals surface area contributed by atoms with Gasteiger partial charge >= 0.3 is 0 Å². The van der Waals surface area contributed by atoms with Crippen LogP contribution in [0.5, 0.6) is 5.75 Å². The fourth-order valence-corrected chi connectivity index (χ4v) is 2.10. The van der Waals surface area contributed by atoms with Crippen LogP contribution >= 0.6 is 0 Å². The Morgan fingerprint density at radius 3 is 2.73 bits per heavy atom. The minimum atomic E-state index is -0.561. The van der Waals surface area contributed by atoms with Gasteiger partial charge in [-0.2, -0.15) is 5.26 Å². The topological polar surface area (TPSA) is 110 Å².